The number of nitrogens with zero attached hydrogens (tertiary/aromatic N) is 2. The molecular formula is C19H16ClN3S. The number of rotatable bonds is 3. The summed E-state index contributed by atoms with van der Waals surface area (Å²) in [7, 11) is 0. The molecule has 0 unspecified atom stereocenters. The molecule has 24 heavy (non-hydrogen) atoms. The summed E-state index contributed by atoms with van der Waals surface area (Å²) in [6.45, 7) is 4.16. The first-order chi connectivity index (χ1) is 11.6. The van der Waals surface area contributed by atoms with Gasteiger partial charge in [0.1, 0.15) is 17.2 Å². The zero-order valence-electron chi connectivity index (χ0n) is 13.4. The number of nitrogens with one attached hydrogen (secondary N) is 1. The first-order valence-electron chi connectivity index (χ1n) is 7.68. The molecule has 4 rings (SSSR count). The number of anilines is 2. The molecule has 3 aromatic heterocycles. The van der Waals surface area contributed by atoms with Crippen molar-refractivity contribution in [3.8, 4) is 10.6 Å². The highest BCUT2D eigenvalue weighted by molar-refractivity contribution is 7.19. The lowest BCUT2D eigenvalue weighted by Gasteiger charge is -2.09. The first kappa shape index (κ1) is 15.2. The minimum Gasteiger partial charge on any atom is -0.339 e. The number of hydrogen-bond acceptors (Lipinski definition) is 3. The van der Waals surface area contributed by atoms with Crippen molar-refractivity contribution in [2.75, 3.05) is 5.32 Å². The minimum absolute atomic E-state index is 0.763. The second-order valence-corrected chi connectivity index (χ2v) is 7.55. The fourth-order valence-electron chi connectivity index (χ4n) is 2.66. The second-order valence-electron chi connectivity index (χ2n) is 5.84. The molecule has 0 aliphatic heterocycles. The van der Waals surface area contributed by atoms with Crippen LogP contribution in [0.3, 0.4) is 0 Å². The molecule has 3 nitrogen and oxygen atoms in total. The molecule has 0 spiro atoms. The average Bonchev–Trinajstić information content (AvgIpc) is 3.14. The van der Waals surface area contributed by atoms with Gasteiger partial charge in [0, 0.05) is 11.9 Å². The Morgan fingerprint density at radius 3 is 2.42 bits per heavy atom. The highest BCUT2D eigenvalue weighted by Crippen LogP contribution is 2.37. The molecule has 0 bridgehead atoms. The van der Waals surface area contributed by atoms with E-state index in [0.29, 0.717) is 0 Å². The van der Waals surface area contributed by atoms with E-state index in [-0.39, 0.29) is 0 Å². The molecule has 5 heteroatoms. The van der Waals surface area contributed by atoms with Crippen molar-refractivity contribution in [1.82, 2.24) is 9.38 Å². The molecule has 0 saturated heterocycles. The van der Waals surface area contributed by atoms with E-state index in [1.807, 2.05) is 18.2 Å². The Labute approximate surface area is 149 Å². The van der Waals surface area contributed by atoms with E-state index in [9.17, 15) is 0 Å². The average molecular weight is 354 g/mol. The third-order valence-corrected chi connectivity index (χ3v) is 5.13. The Balaban J connectivity index is 1.89. The smallest absolute Gasteiger partial charge is 0.144 e. The Morgan fingerprint density at radius 2 is 1.71 bits per heavy atom. The molecule has 1 N–H and O–H groups in total. The predicted molar refractivity (Wildman–Crippen MR) is 103 cm³/mol. The van der Waals surface area contributed by atoms with Crippen molar-refractivity contribution in [3.05, 3.63) is 70.2 Å². The summed E-state index contributed by atoms with van der Waals surface area (Å²) in [4.78, 5) is 5.86. The number of imidazole rings is 1. The Morgan fingerprint density at radius 1 is 0.958 bits per heavy atom. The third kappa shape index (κ3) is 2.79. The molecule has 0 saturated carbocycles. The lowest BCUT2D eigenvalue weighted by molar-refractivity contribution is 1.16. The standard InChI is InChI=1S/C19H16ClN3S/c1-12-3-6-14(7-4-12)21-19-18(15-8-9-16(20)24-15)22-17-10-5-13(2)11-23(17)19/h3-11,21H,1-2H3. The largest absolute Gasteiger partial charge is 0.339 e. The maximum absolute atomic E-state index is 6.13. The van der Waals surface area contributed by atoms with Crippen molar-refractivity contribution in [2.24, 2.45) is 0 Å². The van der Waals surface area contributed by atoms with Crippen LogP contribution in [0.5, 0.6) is 0 Å². The molecule has 1 aromatic carbocycles. The normalized spacial score (nSPS) is 11.1. The van der Waals surface area contributed by atoms with E-state index in [4.69, 9.17) is 16.6 Å². The molecule has 0 aliphatic rings. The predicted octanol–water partition coefficient (Wildman–Crippen LogP) is 6.08. The van der Waals surface area contributed by atoms with Crippen molar-refractivity contribution in [3.63, 3.8) is 0 Å². The van der Waals surface area contributed by atoms with Gasteiger partial charge in [-0.25, -0.2) is 4.98 Å². The van der Waals surface area contributed by atoms with Crippen LogP contribution in [0.25, 0.3) is 16.2 Å². The number of aromatic nitrogens is 2. The summed E-state index contributed by atoms with van der Waals surface area (Å²) < 4.78 is 2.86. The Hall–Kier alpha value is -2.30. The summed E-state index contributed by atoms with van der Waals surface area (Å²) >= 11 is 7.66. The molecule has 0 atom stereocenters. The van der Waals surface area contributed by atoms with Gasteiger partial charge in [0.2, 0.25) is 0 Å². The molecule has 0 amide bonds. The van der Waals surface area contributed by atoms with Crippen molar-refractivity contribution in [2.45, 2.75) is 13.8 Å². The first-order valence-corrected chi connectivity index (χ1v) is 8.88. The van der Waals surface area contributed by atoms with Gasteiger partial charge in [-0.05, 0) is 49.7 Å². The van der Waals surface area contributed by atoms with E-state index < -0.39 is 0 Å². The van der Waals surface area contributed by atoms with Crippen LogP contribution in [0.4, 0.5) is 11.5 Å². The van der Waals surface area contributed by atoms with Gasteiger partial charge >= 0.3 is 0 Å². The van der Waals surface area contributed by atoms with Crippen LogP contribution in [-0.2, 0) is 0 Å². The van der Waals surface area contributed by atoms with Crippen LogP contribution in [-0.4, -0.2) is 9.38 Å². The summed E-state index contributed by atoms with van der Waals surface area (Å²) in [6.07, 6.45) is 2.09. The SMILES string of the molecule is Cc1ccc(Nc2c(-c3ccc(Cl)s3)nc3ccc(C)cn23)cc1. The van der Waals surface area contributed by atoms with Gasteiger partial charge in [0.15, 0.2) is 0 Å². The van der Waals surface area contributed by atoms with Crippen LogP contribution < -0.4 is 5.32 Å². The van der Waals surface area contributed by atoms with Gasteiger partial charge in [0.25, 0.3) is 0 Å². The number of halogens is 1. The van der Waals surface area contributed by atoms with Gasteiger partial charge in [-0.15, -0.1) is 11.3 Å². The maximum atomic E-state index is 6.13. The number of thiophene rings is 1. The number of benzene rings is 1. The highest BCUT2D eigenvalue weighted by atomic mass is 35.5. The summed E-state index contributed by atoms with van der Waals surface area (Å²) in [5, 5.41) is 3.52. The third-order valence-electron chi connectivity index (χ3n) is 3.89. The fourth-order valence-corrected chi connectivity index (χ4v) is 3.69. The lowest BCUT2D eigenvalue weighted by atomic mass is 10.2. The van der Waals surface area contributed by atoms with Crippen LogP contribution in [0.1, 0.15) is 11.1 Å². The van der Waals surface area contributed by atoms with Crippen LogP contribution in [0.2, 0.25) is 4.34 Å². The monoisotopic (exact) mass is 353 g/mol. The van der Waals surface area contributed by atoms with Crippen molar-refractivity contribution >= 4 is 40.1 Å². The van der Waals surface area contributed by atoms with Crippen LogP contribution in [0, 0.1) is 13.8 Å². The van der Waals surface area contributed by atoms with Crippen LogP contribution in [0.15, 0.2) is 54.7 Å². The maximum Gasteiger partial charge on any atom is 0.144 e. The zero-order valence-corrected chi connectivity index (χ0v) is 14.9. The number of fused-ring (bicyclic) bond motifs is 1. The number of hydrogen-bond donors (Lipinski definition) is 1. The van der Waals surface area contributed by atoms with Crippen LogP contribution >= 0.6 is 22.9 Å². The van der Waals surface area contributed by atoms with E-state index in [1.54, 1.807) is 0 Å². The Bertz CT molecular complexity index is 1010. The van der Waals surface area contributed by atoms with Gasteiger partial charge in [-0.2, -0.15) is 0 Å². The minimum atomic E-state index is 0.763. The number of pyridine rings is 1. The number of aryl methyl sites for hydroxylation is 2. The molecular weight excluding hydrogens is 338 g/mol. The molecule has 0 radical (unpaired) electrons. The van der Waals surface area contributed by atoms with E-state index in [1.165, 1.54) is 22.5 Å². The molecule has 0 fully saturated rings. The van der Waals surface area contributed by atoms with E-state index in [0.717, 1.165) is 32.1 Å². The lowest BCUT2D eigenvalue weighted by Crippen LogP contribution is -1.97. The Kier molecular flexibility index (Phi) is 3.79. The zero-order chi connectivity index (χ0) is 16.7. The van der Waals surface area contributed by atoms with Crippen molar-refractivity contribution < 1.29 is 0 Å². The quantitative estimate of drug-likeness (QED) is 0.483. The van der Waals surface area contributed by atoms with E-state index in [2.05, 4.69) is 60.1 Å². The summed E-state index contributed by atoms with van der Waals surface area (Å²) in [5.74, 6) is 0.955. The highest BCUT2D eigenvalue weighted by Gasteiger charge is 2.16. The van der Waals surface area contributed by atoms with Gasteiger partial charge in [-0.3, -0.25) is 4.40 Å². The molecule has 0 aliphatic carbocycles. The van der Waals surface area contributed by atoms with Gasteiger partial charge in [0.05, 0.1) is 9.21 Å². The second kappa shape index (κ2) is 5.96. The molecule has 4 aromatic rings. The molecule has 3 heterocycles. The fraction of sp³-hybridized carbons (Fsp3) is 0.105. The summed E-state index contributed by atoms with van der Waals surface area (Å²) in [6, 6.07) is 16.4. The van der Waals surface area contributed by atoms with Crippen molar-refractivity contribution in [1.29, 1.82) is 0 Å². The van der Waals surface area contributed by atoms with E-state index >= 15 is 0 Å². The van der Waals surface area contributed by atoms with Gasteiger partial charge in [-0.1, -0.05) is 35.4 Å². The van der Waals surface area contributed by atoms with Gasteiger partial charge < -0.3 is 5.32 Å². The molecule has 120 valence electrons. The summed E-state index contributed by atoms with van der Waals surface area (Å²) in [5.41, 5.74) is 5.28. The topological polar surface area (TPSA) is 29.3 Å².